The van der Waals surface area contributed by atoms with E-state index in [4.69, 9.17) is 9.40 Å². The molecule has 0 radical (unpaired) electrons. The van der Waals surface area contributed by atoms with Crippen molar-refractivity contribution in [1.82, 2.24) is 9.55 Å². The molecule has 5 heteroatoms. The quantitative estimate of drug-likeness (QED) is 0.332. The van der Waals surface area contributed by atoms with Gasteiger partial charge in [-0.15, -0.1) is 0 Å². The van der Waals surface area contributed by atoms with Crippen LogP contribution in [0.25, 0.3) is 27.7 Å². The molecular formula is C25H19BrN2O2. The summed E-state index contributed by atoms with van der Waals surface area (Å²) in [5, 5.41) is 0.592. The van der Waals surface area contributed by atoms with E-state index in [1.807, 2.05) is 36.4 Å². The van der Waals surface area contributed by atoms with Gasteiger partial charge < -0.3 is 4.42 Å². The van der Waals surface area contributed by atoms with Crippen LogP contribution in [0.15, 0.2) is 86.7 Å². The average Bonchev–Trinajstić information content (AvgIpc) is 3.11. The molecule has 4 nitrogen and oxygen atoms in total. The van der Waals surface area contributed by atoms with Gasteiger partial charge in [-0.05, 0) is 61.4 Å². The first-order valence-corrected chi connectivity index (χ1v) is 10.6. The lowest BCUT2D eigenvalue weighted by Crippen LogP contribution is -2.11. The van der Waals surface area contributed by atoms with E-state index in [0.717, 1.165) is 27.0 Å². The lowest BCUT2D eigenvalue weighted by Gasteiger charge is -2.09. The maximum Gasteiger partial charge on any atom is 0.195 e. The Morgan fingerprint density at radius 1 is 1.00 bits per heavy atom. The summed E-state index contributed by atoms with van der Waals surface area (Å²) in [6, 6.07) is 22.0. The van der Waals surface area contributed by atoms with E-state index < -0.39 is 0 Å². The number of hydrogen-bond donors (Lipinski definition) is 0. The van der Waals surface area contributed by atoms with Crippen LogP contribution >= 0.6 is 15.9 Å². The zero-order valence-electron chi connectivity index (χ0n) is 16.4. The van der Waals surface area contributed by atoms with Gasteiger partial charge >= 0.3 is 0 Å². The smallest absolute Gasteiger partial charge is 0.195 e. The molecule has 148 valence electrons. The molecule has 0 unspecified atom stereocenters. The highest BCUT2D eigenvalue weighted by Crippen LogP contribution is 2.24. The lowest BCUT2D eigenvalue weighted by atomic mass is 10.1. The molecule has 3 aromatic carbocycles. The first kappa shape index (κ1) is 18.8. The molecule has 5 rings (SSSR count). The fourth-order valence-electron chi connectivity index (χ4n) is 3.84. The van der Waals surface area contributed by atoms with Crippen LogP contribution in [0.2, 0.25) is 0 Å². The third kappa shape index (κ3) is 3.35. The number of hydrogen-bond acceptors (Lipinski definition) is 3. The molecule has 2 aromatic heterocycles. The maximum absolute atomic E-state index is 13.0. The minimum Gasteiger partial charge on any atom is -0.464 e. The first-order valence-electron chi connectivity index (χ1n) is 9.83. The highest BCUT2D eigenvalue weighted by atomic mass is 79.9. The van der Waals surface area contributed by atoms with Crippen LogP contribution in [-0.4, -0.2) is 9.55 Å². The van der Waals surface area contributed by atoms with Crippen molar-refractivity contribution in [1.29, 1.82) is 0 Å². The predicted molar refractivity (Wildman–Crippen MR) is 123 cm³/mol. The lowest BCUT2D eigenvalue weighted by molar-refractivity contribution is 0.591. The summed E-state index contributed by atoms with van der Waals surface area (Å²) in [4.78, 5) is 17.9. The minimum absolute atomic E-state index is 0.00997. The second-order valence-corrected chi connectivity index (χ2v) is 8.34. The summed E-state index contributed by atoms with van der Waals surface area (Å²) in [6.07, 6.45) is 2.77. The molecule has 2 heterocycles. The number of aromatic nitrogens is 2. The molecule has 0 spiro atoms. The number of nitrogens with zero attached hydrogens (tertiary/aromatic N) is 2. The van der Waals surface area contributed by atoms with Crippen molar-refractivity contribution in [2.45, 2.75) is 19.8 Å². The zero-order valence-corrected chi connectivity index (χ0v) is 18.0. The number of aryl methyl sites for hydroxylation is 3. The normalized spacial score (nSPS) is 11.4. The van der Waals surface area contributed by atoms with Gasteiger partial charge in [-0.3, -0.25) is 9.36 Å². The summed E-state index contributed by atoms with van der Waals surface area (Å²) >= 11 is 3.43. The highest BCUT2D eigenvalue weighted by Gasteiger charge is 2.14. The summed E-state index contributed by atoms with van der Waals surface area (Å²) in [6.45, 7) is 2.07. The van der Waals surface area contributed by atoms with Gasteiger partial charge in [-0.25, -0.2) is 4.98 Å². The SMILES string of the molecule is Cc1ccc2c(c1)nc(CCc1coc3ccc(Br)cc3c1=O)n2-c1ccccc1. The Bertz CT molecular complexity index is 1430. The van der Waals surface area contributed by atoms with Gasteiger partial charge in [-0.1, -0.05) is 40.2 Å². The fourth-order valence-corrected chi connectivity index (χ4v) is 4.20. The maximum atomic E-state index is 13.0. The Morgan fingerprint density at radius 2 is 1.83 bits per heavy atom. The molecular weight excluding hydrogens is 440 g/mol. The van der Waals surface area contributed by atoms with E-state index in [0.29, 0.717) is 29.4 Å². The van der Waals surface area contributed by atoms with Gasteiger partial charge in [0.15, 0.2) is 5.43 Å². The van der Waals surface area contributed by atoms with Crippen LogP contribution in [0.4, 0.5) is 0 Å². The van der Waals surface area contributed by atoms with Crippen molar-refractivity contribution in [3.05, 3.63) is 105 Å². The van der Waals surface area contributed by atoms with Crippen LogP contribution in [0.5, 0.6) is 0 Å². The van der Waals surface area contributed by atoms with Gasteiger partial charge in [-0.2, -0.15) is 0 Å². The minimum atomic E-state index is 0.00997. The van der Waals surface area contributed by atoms with Crippen LogP contribution < -0.4 is 5.43 Å². The fraction of sp³-hybridized carbons (Fsp3) is 0.120. The van der Waals surface area contributed by atoms with E-state index in [-0.39, 0.29) is 5.43 Å². The predicted octanol–water partition coefficient (Wildman–Crippen LogP) is 5.99. The molecule has 0 amide bonds. The van der Waals surface area contributed by atoms with Crippen molar-refractivity contribution in [3.8, 4) is 5.69 Å². The topological polar surface area (TPSA) is 48.0 Å². The molecule has 5 aromatic rings. The summed E-state index contributed by atoms with van der Waals surface area (Å²) in [7, 11) is 0. The van der Waals surface area contributed by atoms with Crippen molar-refractivity contribution < 1.29 is 4.42 Å². The Balaban J connectivity index is 1.57. The Labute approximate surface area is 181 Å². The van der Waals surface area contributed by atoms with Gasteiger partial charge in [0, 0.05) is 22.1 Å². The molecule has 0 saturated carbocycles. The van der Waals surface area contributed by atoms with Crippen molar-refractivity contribution in [2.75, 3.05) is 0 Å². The van der Waals surface area contributed by atoms with E-state index >= 15 is 0 Å². The molecule has 0 aliphatic carbocycles. The van der Waals surface area contributed by atoms with Crippen molar-refractivity contribution >= 4 is 37.9 Å². The number of imidazole rings is 1. The first-order chi connectivity index (χ1) is 14.6. The van der Waals surface area contributed by atoms with E-state index in [2.05, 4.69) is 57.8 Å². The van der Waals surface area contributed by atoms with E-state index in [1.165, 1.54) is 5.56 Å². The second-order valence-electron chi connectivity index (χ2n) is 7.42. The summed E-state index contributed by atoms with van der Waals surface area (Å²) < 4.78 is 8.74. The van der Waals surface area contributed by atoms with Gasteiger partial charge in [0.1, 0.15) is 11.4 Å². The van der Waals surface area contributed by atoms with Crippen LogP contribution in [0.3, 0.4) is 0 Å². The third-order valence-corrected chi connectivity index (χ3v) is 5.81. The zero-order chi connectivity index (χ0) is 20.7. The number of benzene rings is 3. The molecule has 0 bridgehead atoms. The summed E-state index contributed by atoms with van der Waals surface area (Å²) in [5.41, 5.74) is 5.53. The Kier molecular flexibility index (Phi) is 4.75. The molecule has 0 aliphatic heterocycles. The molecule has 0 aliphatic rings. The molecule has 0 saturated heterocycles. The molecule has 0 N–H and O–H groups in total. The highest BCUT2D eigenvalue weighted by molar-refractivity contribution is 9.10. The number of halogens is 1. The van der Waals surface area contributed by atoms with Crippen LogP contribution in [0, 0.1) is 6.92 Å². The number of rotatable bonds is 4. The number of fused-ring (bicyclic) bond motifs is 2. The van der Waals surface area contributed by atoms with Crippen molar-refractivity contribution in [2.24, 2.45) is 0 Å². The summed E-state index contributed by atoms with van der Waals surface area (Å²) in [5.74, 6) is 0.926. The average molecular weight is 459 g/mol. The van der Waals surface area contributed by atoms with Crippen LogP contribution in [-0.2, 0) is 12.8 Å². The molecule has 30 heavy (non-hydrogen) atoms. The number of para-hydroxylation sites is 1. The van der Waals surface area contributed by atoms with Crippen molar-refractivity contribution in [3.63, 3.8) is 0 Å². The monoisotopic (exact) mass is 458 g/mol. The molecule has 0 atom stereocenters. The standard InChI is InChI=1S/C25H19BrN2O2/c1-16-7-10-22-21(13-16)27-24(28(22)19-5-3-2-4-6-19)12-8-17-15-30-23-11-9-18(26)14-20(23)25(17)29/h2-7,9-11,13-15H,8,12H2,1H3. The molecule has 0 fully saturated rings. The van der Waals surface area contributed by atoms with E-state index in [9.17, 15) is 4.79 Å². The third-order valence-electron chi connectivity index (χ3n) is 5.32. The van der Waals surface area contributed by atoms with Crippen LogP contribution in [0.1, 0.15) is 17.0 Å². The Morgan fingerprint density at radius 3 is 2.67 bits per heavy atom. The second kappa shape index (κ2) is 7.58. The van der Waals surface area contributed by atoms with E-state index in [1.54, 1.807) is 6.26 Å². The van der Waals surface area contributed by atoms with Gasteiger partial charge in [0.2, 0.25) is 0 Å². The van der Waals surface area contributed by atoms with Gasteiger partial charge in [0.25, 0.3) is 0 Å². The Hall–Kier alpha value is -3.18. The largest absolute Gasteiger partial charge is 0.464 e. The van der Waals surface area contributed by atoms with Gasteiger partial charge in [0.05, 0.1) is 22.7 Å².